The smallest absolute Gasteiger partial charge is 0.408 e. The van der Waals surface area contributed by atoms with Crippen LogP contribution in [0.4, 0.5) is 4.79 Å². The Hall–Kier alpha value is -1.83. The van der Waals surface area contributed by atoms with Gasteiger partial charge < -0.3 is 20.6 Å². The Balaban J connectivity index is 2.95. The molecule has 0 unspecified atom stereocenters. The Morgan fingerprint density at radius 2 is 1.73 bits per heavy atom. The first kappa shape index (κ1) is 11.2. The molecular weight excluding hydrogens is 208 g/mol. The van der Waals surface area contributed by atoms with Gasteiger partial charge in [-0.25, -0.2) is 9.59 Å². The molecule has 2 atom stereocenters. The number of carboxylic acid groups (broad SMARTS) is 3. The minimum Gasteiger partial charge on any atom is -0.480 e. The second kappa shape index (κ2) is 4.13. The molecule has 0 aromatic carbocycles. The fourth-order valence-corrected chi connectivity index (χ4v) is 1.48. The predicted molar refractivity (Wildman–Crippen MR) is 45.6 cm³/mol. The van der Waals surface area contributed by atoms with E-state index >= 15 is 0 Å². The summed E-state index contributed by atoms with van der Waals surface area (Å²) in [5.41, 5.74) is 0. The summed E-state index contributed by atoms with van der Waals surface area (Å²) >= 11 is 0. The largest absolute Gasteiger partial charge is 0.480 e. The maximum atomic E-state index is 10.8. The van der Waals surface area contributed by atoms with Crippen LogP contribution in [-0.4, -0.2) is 63.4 Å². The molecule has 1 heterocycles. The highest BCUT2D eigenvalue weighted by Crippen LogP contribution is 2.10. The van der Waals surface area contributed by atoms with Crippen molar-refractivity contribution in [3.05, 3.63) is 0 Å². The molecule has 0 bridgehead atoms. The number of carboxylic acids is 2. The number of rotatable bonds is 2. The van der Waals surface area contributed by atoms with Crippen LogP contribution >= 0.6 is 0 Å². The fourth-order valence-electron chi connectivity index (χ4n) is 1.48. The highest BCUT2D eigenvalue weighted by Gasteiger charge is 2.43. The first-order valence-electron chi connectivity index (χ1n) is 4.13. The third kappa shape index (κ3) is 2.15. The van der Waals surface area contributed by atoms with Crippen LogP contribution in [0, 0.1) is 0 Å². The molecule has 15 heavy (non-hydrogen) atoms. The minimum absolute atomic E-state index is 0.0456. The van der Waals surface area contributed by atoms with Gasteiger partial charge in [0, 0.05) is 13.1 Å². The third-order valence-corrected chi connectivity index (χ3v) is 2.13. The lowest BCUT2D eigenvalue weighted by atomic mass is 10.0. The van der Waals surface area contributed by atoms with Crippen molar-refractivity contribution in [2.75, 3.05) is 13.1 Å². The van der Waals surface area contributed by atoms with E-state index in [0.29, 0.717) is 4.90 Å². The molecule has 1 amide bonds. The summed E-state index contributed by atoms with van der Waals surface area (Å²) in [5.74, 6) is -2.86. The van der Waals surface area contributed by atoms with Crippen molar-refractivity contribution in [3.63, 3.8) is 0 Å². The van der Waals surface area contributed by atoms with Crippen molar-refractivity contribution in [1.82, 2.24) is 10.2 Å². The van der Waals surface area contributed by atoms with Crippen LogP contribution in [0.2, 0.25) is 0 Å². The summed E-state index contributed by atoms with van der Waals surface area (Å²) in [7, 11) is 0. The molecule has 1 fully saturated rings. The lowest BCUT2D eigenvalue weighted by molar-refractivity contribution is -0.153. The molecule has 0 aromatic heterocycles. The van der Waals surface area contributed by atoms with E-state index in [1.807, 2.05) is 0 Å². The highest BCUT2D eigenvalue weighted by molar-refractivity contribution is 5.88. The van der Waals surface area contributed by atoms with E-state index in [4.69, 9.17) is 15.3 Å². The van der Waals surface area contributed by atoms with Crippen LogP contribution in [0.15, 0.2) is 0 Å². The zero-order chi connectivity index (χ0) is 11.6. The molecular formula is C7H10N2O6. The number of hydrogen-bond acceptors (Lipinski definition) is 4. The van der Waals surface area contributed by atoms with Crippen LogP contribution in [0.3, 0.4) is 0 Å². The zero-order valence-corrected chi connectivity index (χ0v) is 7.58. The van der Waals surface area contributed by atoms with E-state index in [9.17, 15) is 14.4 Å². The Kier molecular flexibility index (Phi) is 3.10. The topological polar surface area (TPSA) is 127 Å². The van der Waals surface area contributed by atoms with Crippen molar-refractivity contribution < 1.29 is 29.7 Å². The number of aliphatic carboxylic acids is 2. The van der Waals surface area contributed by atoms with Gasteiger partial charge in [0.1, 0.15) is 6.04 Å². The van der Waals surface area contributed by atoms with Gasteiger partial charge in [-0.2, -0.15) is 0 Å². The number of nitrogens with one attached hydrogen (secondary N) is 1. The molecule has 0 saturated carbocycles. The quantitative estimate of drug-likeness (QED) is 0.443. The number of piperazine rings is 1. The van der Waals surface area contributed by atoms with E-state index in [0.717, 1.165) is 0 Å². The van der Waals surface area contributed by atoms with Gasteiger partial charge in [-0.3, -0.25) is 9.69 Å². The fraction of sp³-hybridized carbons (Fsp3) is 0.571. The molecule has 0 spiro atoms. The van der Waals surface area contributed by atoms with E-state index in [1.54, 1.807) is 0 Å². The molecule has 1 aliphatic heterocycles. The third-order valence-electron chi connectivity index (χ3n) is 2.13. The predicted octanol–water partition coefficient (Wildman–Crippen LogP) is -1.52. The van der Waals surface area contributed by atoms with Gasteiger partial charge >= 0.3 is 18.0 Å². The molecule has 0 aromatic rings. The number of hydrogen-bond donors (Lipinski definition) is 4. The molecule has 1 aliphatic rings. The van der Waals surface area contributed by atoms with E-state index in [2.05, 4.69) is 5.32 Å². The summed E-state index contributed by atoms with van der Waals surface area (Å²) in [6, 6.07) is -3.00. The molecule has 0 radical (unpaired) electrons. The van der Waals surface area contributed by atoms with Gasteiger partial charge in [-0.05, 0) is 0 Å². The Bertz CT molecular complexity index is 282. The average molecular weight is 218 g/mol. The number of amides is 1. The summed E-state index contributed by atoms with van der Waals surface area (Å²) in [4.78, 5) is 32.8. The highest BCUT2D eigenvalue weighted by atomic mass is 16.4. The van der Waals surface area contributed by atoms with Crippen molar-refractivity contribution in [3.8, 4) is 0 Å². The van der Waals surface area contributed by atoms with Crippen LogP contribution in [0.25, 0.3) is 0 Å². The number of nitrogens with zero attached hydrogens (tertiary/aromatic N) is 1. The van der Waals surface area contributed by atoms with Gasteiger partial charge in [0.2, 0.25) is 0 Å². The maximum absolute atomic E-state index is 10.8. The van der Waals surface area contributed by atoms with Gasteiger partial charge in [0.15, 0.2) is 6.04 Å². The molecule has 1 rings (SSSR count). The van der Waals surface area contributed by atoms with Crippen LogP contribution < -0.4 is 5.32 Å². The Morgan fingerprint density at radius 1 is 1.13 bits per heavy atom. The SMILES string of the molecule is O=C(O)[C@H]1NCCN(C(=O)O)[C@@H]1C(=O)O. The van der Waals surface area contributed by atoms with Gasteiger partial charge in [-0.15, -0.1) is 0 Å². The van der Waals surface area contributed by atoms with Crippen LogP contribution in [0.5, 0.6) is 0 Å². The maximum Gasteiger partial charge on any atom is 0.408 e. The van der Waals surface area contributed by atoms with Gasteiger partial charge in [0.25, 0.3) is 0 Å². The minimum atomic E-state index is -1.59. The second-order valence-corrected chi connectivity index (χ2v) is 3.03. The van der Waals surface area contributed by atoms with Crippen molar-refractivity contribution >= 4 is 18.0 Å². The van der Waals surface area contributed by atoms with E-state index in [-0.39, 0.29) is 13.1 Å². The van der Waals surface area contributed by atoms with Gasteiger partial charge in [-0.1, -0.05) is 0 Å². The first-order chi connectivity index (χ1) is 6.95. The van der Waals surface area contributed by atoms with Crippen LogP contribution in [0.1, 0.15) is 0 Å². The lowest BCUT2D eigenvalue weighted by Crippen LogP contribution is -2.64. The molecule has 8 nitrogen and oxygen atoms in total. The second-order valence-electron chi connectivity index (χ2n) is 3.03. The summed E-state index contributed by atoms with van der Waals surface area (Å²) in [6.07, 6.45) is -1.44. The Labute approximate surface area is 84.1 Å². The summed E-state index contributed by atoms with van der Waals surface area (Å²) in [5, 5.41) is 28.6. The molecule has 4 N–H and O–H groups in total. The summed E-state index contributed by atoms with van der Waals surface area (Å²) in [6.45, 7) is 0.0725. The van der Waals surface area contributed by atoms with E-state index < -0.39 is 30.1 Å². The van der Waals surface area contributed by atoms with Crippen molar-refractivity contribution in [2.24, 2.45) is 0 Å². The van der Waals surface area contributed by atoms with Crippen LogP contribution in [-0.2, 0) is 9.59 Å². The number of carbonyl (C=O) groups is 3. The van der Waals surface area contributed by atoms with E-state index in [1.165, 1.54) is 0 Å². The van der Waals surface area contributed by atoms with Crippen molar-refractivity contribution in [2.45, 2.75) is 12.1 Å². The molecule has 84 valence electrons. The standard InChI is InChI=1S/C7H10N2O6/c10-5(11)3-4(6(12)13)9(7(14)15)2-1-8-3/h3-4,8H,1-2H2,(H,10,11)(H,12,13)(H,14,15)/t3-,4-/m0/s1. The monoisotopic (exact) mass is 218 g/mol. The Morgan fingerprint density at radius 3 is 2.13 bits per heavy atom. The normalized spacial score (nSPS) is 26.0. The molecule has 1 saturated heterocycles. The zero-order valence-electron chi connectivity index (χ0n) is 7.58. The average Bonchev–Trinajstić information content (AvgIpc) is 2.16. The van der Waals surface area contributed by atoms with Gasteiger partial charge in [0.05, 0.1) is 0 Å². The first-order valence-corrected chi connectivity index (χ1v) is 4.13. The molecule has 0 aliphatic carbocycles. The van der Waals surface area contributed by atoms with Crippen molar-refractivity contribution in [1.29, 1.82) is 0 Å². The lowest BCUT2D eigenvalue weighted by Gasteiger charge is -2.35. The summed E-state index contributed by atoms with van der Waals surface area (Å²) < 4.78 is 0. The molecule has 8 heteroatoms.